The van der Waals surface area contributed by atoms with Crippen molar-refractivity contribution in [1.29, 1.82) is 0 Å². The van der Waals surface area contributed by atoms with Crippen LogP contribution in [0.3, 0.4) is 0 Å². The number of hydrogen-bond acceptors (Lipinski definition) is 1. The number of allylic oxidation sites excluding steroid dienone is 1. The van der Waals surface area contributed by atoms with Crippen LogP contribution >= 0.6 is 11.6 Å². The van der Waals surface area contributed by atoms with Gasteiger partial charge in [0.15, 0.2) is 0 Å². The van der Waals surface area contributed by atoms with Crippen LogP contribution in [0, 0.1) is 5.92 Å². The number of carboxylic acid groups (broad SMARTS) is 1. The number of rotatable bonds is 3. The van der Waals surface area contributed by atoms with E-state index in [0.29, 0.717) is 10.9 Å². The Bertz CT molecular complexity index is 420. The van der Waals surface area contributed by atoms with Gasteiger partial charge in [-0.3, -0.25) is 0 Å². The molecule has 0 amide bonds. The van der Waals surface area contributed by atoms with Gasteiger partial charge in [-0.25, -0.2) is 4.79 Å². The lowest BCUT2D eigenvalue weighted by Gasteiger charge is -2.01. The summed E-state index contributed by atoms with van der Waals surface area (Å²) in [4.78, 5) is 10.8. The van der Waals surface area contributed by atoms with Gasteiger partial charge in [-0.1, -0.05) is 35.9 Å². The topological polar surface area (TPSA) is 37.3 Å². The molecule has 1 aliphatic rings. The number of carboxylic acids is 1. The zero-order chi connectivity index (χ0) is 10.8. The molecule has 3 heteroatoms. The molecular formula is C12H11ClO2. The molecule has 0 bridgehead atoms. The van der Waals surface area contributed by atoms with Crippen molar-refractivity contribution < 1.29 is 9.90 Å². The molecule has 0 atom stereocenters. The number of halogens is 1. The van der Waals surface area contributed by atoms with Crippen LogP contribution < -0.4 is 0 Å². The van der Waals surface area contributed by atoms with Crippen LogP contribution in [0.2, 0.25) is 5.02 Å². The number of benzene rings is 1. The van der Waals surface area contributed by atoms with Crippen LogP contribution in [0.1, 0.15) is 28.8 Å². The third-order valence-corrected chi connectivity index (χ3v) is 2.85. The molecular weight excluding hydrogens is 212 g/mol. The average Bonchev–Trinajstić information content (AvgIpc) is 2.99. The highest BCUT2D eigenvalue weighted by Gasteiger charge is 2.17. The molecule has 1 aromatic rings. The predicted molar refractivity (Wildman–Crippen MR) is 60.2 cm³/mol. The number of hydrogen-bond donors (Lipinski definition) is 1. The van der Waals surface area contributed by atoms with Crippen molar-refractivity contribution in [3.8, 4) is 0 Å². The Balaban J connectivity index is 2.30. The summed E-state index contributed by atoms with van der Waals surface area (Å²) in [7, 11) is 0. The lowest BCUT2D eigenvalue weighted by molar-refractivity contribution is 0.0697. The van der Waals surface area contributed by atoms with Crippen molar-refractivity contribution in [2.45, 2.75) is 12.8 Å². The van der Waals surface area contributed by atoms with Gasteiger partial charge in [0.2, 0.25) is 0 Å². The van der Waals surface area contributed by atoms with Crippen molar-refractivity contribution in [1.82, 2.24) is 0 Å². The SMILES string of the molecule is O=C(O)c1cccc(/C=C/C2CC2)c1Cl. The van der Waals surface area contributed by atoms with Crippen molar-refractivity contribution in [3.63, 3.8) is 0 Å². The number of aromatic carboxylic acids is 1. The molecule has 1 N–H and O–H groups in total. The van der Waals surface area contributed by atoms with Crippen molar-refractivity contribution >= 4 is 23.6 Å². The molecule has 0 heterocycles. The number of carbonyl (C=O) groups is 1. The normalized spacial score (nSPS) is 15.8. The Labute approximate surface area is 93.2 Å². The van der Waals surface area contributed by atoms with E-state index >= 15 is 0 Å². The molecule has 15 heavy (non-hydrogen) atoms. The Morgan fingerprint density at radius 3 is 2.80 bits per heavy atom. The highest BCUT2D eigenvalue weighted by Crippen LogP contribution is 2.32. The van der Waals surface area contributed by atoms with E-state index in [2.05, 4.69) is 6.08 Å². The zero-order valence-electron chi connectivity index (χ0n) is 8.11. The summed E-state index contributed by atoms with van der Waals surface area (Å²) in [5.41, 5.74) is 0.943. The summed E-state index contributed by atoms with van der Waals surface area (Å²) in [6, 6.07) is 5.05. The van der Waals surface area contributed by atoms with Crippen LogP contribution in [-0.4, -0.2) is 11.1 Å². The van der Waals surface area contributed by atoms with Crippen LogP contribution in [-0.2, 0) is 0 Å². The van der Waals surface area contributed by atoms with Gasteiger partial charge in [0, 0.05) is 0 Å². The van der Waals surface area contributed by atoms with E-state index in [1.807, 2.05) is 12.1 Å². The minimum Gasteiger partial charge on any atom is -0.478 e. The van der Waals surface area contributed by atoms with Gasteiger partial charge >= 0.3 is 5.97 Å². The summed E-state index contributed by atoms with van der Waals surface area (Å²) < 4.78 is 0. The van der Waals surface area contributed by atoms with Crippen molar-refractivity contribution in [2.24, 2.45) is 5.92 Å². The summed E-state index contributed by atoms with van der Waals surface area (Å²) in [6.45, 7) is 0. The molecule has 1 aliphatic carbocycles. The maximum absolute atomic E-state index is 10.8. The van der Waals surface area contributed by atoms with Gasteiger partial charge in [-0.15, -0.1) is 0 Å². The van der Waals surface area contributed by atoms with Crippen molar-refractivity contribution in [3.05, 3.63) is 40.4 Å². The van der Waals surface area contributed by atoms with E-state index in [0.717, 1.165) is 5.56 Å². The van der Waals surface area contributed by atoms with E-state index in [1.54, 1.807) is 6.07 Å². The van der Waals surface area contributed by atoms with Gasteiger partial charge in [-0.05, 0) is 30.4 Å². The largest absolute Gasteiger partial charge is 0.478 e. The van der Waals surface area contributed by atoms with Crippen LogP contribution in [0.5, 0.6) is 0 Å². The first-order chi connectivity index (χ1) is 7.18. The first-order valence-corrected chi connectivity index (χ1v) is 5.26. The summed E-state index contributed by atoms with van der Waals surface area (Å²) >= 11 is 5.98. The van der Waals surface area contributed by atoms with E-state index < -0.39 is 5.97 Å². The third-order valence-electron chi connectivity index (χ3n) is 2.43. The Morgan fingerprint density at radius 2 is 2.20 bits per heavy atom. The molecule has 0 aromatic heterocycles. The lowest BCUT2D eigenvalue weighted by atomic mass is 10.1. The third kappa shape index (κ3) is 2.39. The maximum atomic E-state index is 10.8. The summed E-state index contributed by atoms with van der Waals surface area (Å²) in [5.74, 6) is -0.323. The predicted octanol–water partition coefficient (Wildman–Crippen LogP) is 3.46. The second-order valence-electron chi connectivity index (χ2n) is 3.71. The highest BCUT2D eigenvalue weighted by molar-refractivity contribution is 6.34. The molecule has 2 rings (SSSR count). The maximum Gasteiger partial charge on any atom is 0.337 e. The molecule has 1 fully saturated rings. The second kappa shape index (κ2) is 4.07. The minimum atomic E-state index is -0.985. The van der Waals surface area contributed by atoms with Gasteiger partial charge < -0.3 is 5.11 Å². The highest BCUT2D eigenvalue weighted by atomic mass is 35.5. The fourth-order valence-corrected chi connectivity index (χ4v) is 1.64. The molecule has 1 saturated carbocycles. The molecule has 0 radical (unpaired) electrons. The lowest BCUT2D eigenvalue weighted by Crippen LogP contribution is -1.97. The molecule has 0 unspecified atom stereocenters. The van der Waals surface area contributed by atoms with Crippen molar-refractivity contribution in [2.75, 3.05) is 0 Å². The quantitative estimate of drug-likeness (QED) is 0.851. The van der Waals surface area contributed by atoms with Crippen LogP contribution in [0.4, 0.5) is 0 Å². The molecule has 0 spiro atoms. The van der Waals surface area contributed by atoms with Gasteiger partial charge in [0.1, 0.15) is 0 Å². The second-order valence-corrected chi connectivity index (χ2v) is 4.09. The van der Waals surface area contributed by atoms with Gasteiger partial charge in [0.25, 0.3) is 0 Å². The molecule has 0 saturated heterocycles. The average molecular weight is 223 g/mol. The first-order valence-electron chi connectivity index (χ1n) is 4.88. The molecule has 0 aliphatic heterocycles. The summed E-state index contributed by atoms with van der Waals surface area (Å²) in [6.07, 6.45) is 6.46. The molecule has 78 valence electrons. The van der Waals surface area contributed by atoms with E-state index in [-0.39, 0.29) is 5.56 Å². The zero-order valence-corrected chi connectivity index (χ0v) is 8.87. The summed E-state index contributed by atoms with van der Waals surface area (Å²) in [5, 5.41) is 9.19. The van der Waals surface area contributed by atoms with Crippen LogP contribution in [0.25, 0.3) is 6.08 Å². The Morgan fingerprint density at radius 1 is 1.47 bits per heavy atom. The Kier molecular flexibility index (Phi) is 2.78. The van der Waals surface area contributed by atoms with Crippen LogP contribution in [0.15, 0.2) is 24.3 Å². The monoisotopic (exact) mass is 222 g/mol. The smallest absolute Gasteiger partial charge is 0.337 e. The van der Waals surface area contributed by atoms with Gasteiger partial charge in [-0.2, -0.15) is 0 Å². The first kappa shape index (κ1) is 10.2. The fraction of sp³-hybridized carbons (Fsp3) is 0.250. The molecule has 1 aromatic carbocycles. The standard InChI is InChI=1S/C12H11ClO2/c13-11-9(7-6-8-4-5-8)2-1-3-10(11)12(14)15/h1-3,6-8H,4-5H2,(H,14,15)/b7-6+. The van der Waals surface area contributed by atoms with E-state index in [9.17, 15) is 4.79 Å². The fourth-order valence-electron chi connectivity index (χ4n) is 1.37. The Hall–Kier alpha value is -1.28. The van der Waals surface area contributed by atoms with E-state index in [1.165, 1.54) is 18.9 Å². The molecule has 2 nitrogen and oxygen atoms in total. The minimum absolute atomic E-state index is 0.162. The van der Waals surface area contributed by atoms with E-state index in [4.69, 9.17) is 16.7 Å². The van der Waals surface area contributed by atoms with Gasteiger partial charge in [0.05, 0.1) is 10.6 Å².